The van der Waals surface area contributed by atoms with Gasteiger partial charge in [-0.05, 0) is 30.7 Å². The molecule has 0 aromatic heterocycles. The zero-order valence-corrected chi connectivity index (χ0v) is 10.1. The summed E-state index contributed by atoms with van der Waals surface area (Å²) in [4.78, 5) is 0. The van der Waals surface area contributed by atoms with Gasteiger partial charge < -0.3 is 10.5 Å². The Morgan fingerprint density at radius 3 is 2.39 bits per heavy atom. The van der Waals surface area contributed by atoms with E-state index in [0.29, 0.717) is 11.3 Å². The fourth-order valence-corrected chi connectivity index (χ4v) is 1.80. The number of nitrogens with two attached hydrogens (primary N) is 1. The topological polar surface area (TPSA) is 35.2 Å². The zero-order valence-electron chi connectivity index (χ0n) is 10.1. The Labute approximate surface area is 104 Å². The average molecular weight is 249 g/mol. The van der Waals surface area contributed by atoms with Crippen molar-refractivity contribution < 1.29 is 13.5 Å². The summed E-state index contributed by atoms with van der Waals surface area (Å²) in [6.45, 7) is 1.90. The molecule has 0 spiro atoms. The summed E-state index contributed by atoms with van der Waals surface area (Å²) in [5.74, 6) is -1.00. The highest BCUT2D eigenvalue weighted by Gasteiger charge is 2.15. The van der Waals surface area contributed by atoms with E-state index in [-0.39, 0.29) is 5.56 Å². The third kappa shape index (κ3) is 2.01. The number of rotatable bonds is 2. The summed E-state index contributed by atoms with van der Waals surface area (Å²) in [5, 5.41) is 0. The first-order valence-electron chi connectivity index (χ1n) is 5.43. The number of ether oxygens (including phenoxy) is 1. The largest absolute Gasteiger partial charge is 0.496 e. The van der Waals surface area contributed by atoms with E-state index in [2.05, 4.69) is 0 Å². The van der Waals surface area contributed by atoms with Crippen molar-refractivity contribution in [3.8, 4) is 16.9 Å². The van der Waals surface area contributed by atoms with Crippen molar-refractivity contribution in [1.82, 2.24) is 0 Å². The van der Waals surface area contributed by atoms with Gasteiger partial charge in [0.15, 0.2) is 5.82 Å². The first kappa shape index (κ1) is 12.4. The van der Waals surface area contributed by atoms with Crippen LogP contribution in [0.25, 0.3) is 11.1 Å². The average Bonchev–Trinajstić information content (AvgIpc) is 2.37. The predicted molar refractivity (Wildman–Crippen MR) is 67.5 cm³/mol. The van der Waals surface area contributed by atoms with Crippen molar-refractivity contribution in [3.05, 3.63) is 47.5 Å². The molecule has 4 heteroatoms. The van der Waals surface area contributed by atoms with E-state index in [9.17, 15) is 8.78 Å². The molecule has 0 aliphatic heterocycles. The first-order valence-corrected chi connectivity index (χ1v) is 5.43. The third-order valence-electron chi connectivity index (χ3n) is 2.77. The van der Waals surface area contributed by atoms with Crippen LogP contribution in [0.1, 0.15) is 5.56 Å². The van der Waals surface area contributed by atoms with Crippen molar-refractivity contribution in [1.29, 1.82) is 0 Å². The molecule has 0 saturated heterocycles. The molecule has 0 fully saturated rings. The number of nitrogen functional groups attached to an aromatic ring is 1. The van der Waals surface area contributed by atoms with Gasteiger partial charge >= 0.3 is 0 Å². The van der Waals surface area contributed by atoms with Crippen LogP contribution in [-0.4, -0.2) is 7.11 Å². The van der Waals surface area contributed by atoms with Gasteiger partial charge in [-0.1, -0.05) is 12.1 Å². The molecule has 0 aliphatic rings. The molecule has 2 aromatic carbocycles. The van der Waals surface area contributed by atoms with Crippen molar-refractivity contribution in [2.75, 3.05) is 12.8 Å². The minimum Gasteiger partial charge on any atom is -0.496 e. The number of hydrogen-bond donors (Lipinski definition) is 1. The molecule has 0 aliphatic carbocycles. The lowest BCUT2D eigenvalue weighted by Gasteiger charge is -2.11. The summed E-state index contributed by atoms with van der Waals surface area (Å²) < 4.78 is 32.3. The lowest BCUT2D eigenvalue weighted by molar-refractivity contribution is 0.416. The van der Waals surface area contributed by atoms with Crippen LogP contribution >= 0.6 is 0 Å². The molecule has 0 heterocycles. The number of methoxy groups -OCH3 is 1. The second-order valence-corrected chi connectivity index (χ2v) is 4.03. The van der Waals surface area contributed by atoms with Crippen LogP contribution in [0.5, 0.6) is 5.75 Å². The van der Waals surface area contributed by atoms with E-state index < -0.39 is 17.3 Å². The van der Waals surface area contributed by atoms with Crippen LogP contribution in [-0.2, 0) is 0 Å². The van der Waals surface area contributed by atoms with Gasteiger partial charge in [-0.3, -0.25) is 0 Å². The molecule has 94 valence electrons. The van der Waals surface area contributed by atoms with Gasteiger partial charge in [0.1, 0.15) is 17.3 Å². The number of aryl methyl sites for hydroxylation is 1. The summed E-state index contributed by atoms with van der Waals surface area (Å²) in [5.41, 5.74) is 6.64. The Hall–Kier alpha value is -2.10. The van der Waals surface area contributed by atoms with Crippen LogP contribution < -0.4 is 10.5 Å². The minimum absolute atomic E-state index is 0.228. The van der Waals surface area contributed by atoms with Crippen molar-refractivity contribution in [2.45, 2.75) is 6.92 Å². The molecule has 2 N–H and O–H groups in total. The molecule has 0 unspecified atom stereocenters. The molecule has 0 amide bonds. The zero-order chi connectivity index (χ0) is 13.3. The van der Waals surface area contributed by atoms with Gasteiger partial charge in [-0.25, -0.2) is 8.78 Å². The highest BCUT2D eigenvalue weighted by molar-refractivity contribution is 5.74. The second kappa shape index (κ2) is 4.64. The molecule has 2 aromatic rings. The Kier molecular flexibility index (Phi) is 3.19. The number of halogens is 2. The van der Waals surface area contributed by atoms with Crippen LogP contribution in [0.4, 0.5) is 14.5 Å². The number of benzene rings is 2. The Balaban J connectivity index is 2.66. The molecule has 0 atom stereocenters. The molecule has 2 nitrogen and oxygen atoms in total. The van der Waals surface area contributed by atoms with Gasteiger partial charge in [-0.2, -0.15) is 0 Å². The van der Waals surface area contributed by atoms with Crippen LogP contribution in [0.3, 0.4) is 0 Å². The number of hydrogen-bond acceptors (Lipinski definition) is 2. The third-order valence-corrected chi connectivity index (χ3v) is 2.77. The molecule has 2 rings (SSSR count). The van der Waals surface area contributed by atoms with E-state index in [1.54, 1.807) is 12.1 Å². The minimum atomic E-state index is -0.767. The van der Waals surface area contributed by atoms with E-state index in [1.165, 1.54) is 13.2 Å². The quantitative estimate of drug-likeness (QED) is 0.826. The Morgan fingerprint density at radius 1 is 1.06 bits per heavy atom. The fraction of sp³-hybridized carbons (Fsp3) is 0.143. The van der Waals surface area contributed by atoms with Gasteiger partial charge in [0.25, 0.3) is 0 Å². The molecule has 0 bridgehead atoms. The van der Waals surface area contributed by atoms with Crippen molar-refractivity contribution in [2.24, 2.45) is 0 Å². The van der Waals surface area contributed by atoms with Gasteiger partial charge in [0.2, 0.25) is 0 Å². The Bertz CT molecular complexity index is 597. The summed E-state index contributed by atoms with van der Waals surface area (Å²) in [6.07, 6.45) is 0. The van der Waals surface area contributed by atoms with Gasteiger partial charge in [-0.15, -0.1) is 0 Å². The maximum absolute atomic E-state index is 13.9. The van der Waals surface area contributed by atoms with E-state index in [1.807, 2.05) is 13.0 Å². The van der Waals surface area contributed by atoms with Crippen molar-refractivity contribution >= 4 is 5.69 Å². The van der Waals surface area contributed by atoms with E-state index >= 15 is 0 Å². The smallest absolute Gasteiger partial charge is 0.157 e. The molecule has 0 radical (unpaired) electrons. The summed E-state index contributed by atoms with van der Waals surface area (Å²) in [6, 6.07) is 7.84. The summed E-state index contributed by atoms with van der Waals surface area (Å²) >= 11 is 0. The Morgan fingerprint density at radius 2 is 1.72 bits per heavy atom. The number of anilines is 1. The highest BCUT2D eigenvalue weighted by Crippen LogP contribution is 2.34. The van der Waals surface area contributed by atoms with Crippen LogP contribution in [0.2, 0.25) is 0 Å². The first-order chi connectivity index (χ1) is 8.54. The van der Waals surface area contributed by atoms with E-state index in [0.717, 1.165) is 11.6 Å². The van der Waals surface area contributed by atoms with Gasteiger partial charge in [0.05, 0.1) is 7.11 Å². The standard InChI is InChI=1S/C14H13F2NO/c1-8-3-4-9(12(7-8)18-2)10-5-6-11(15)14(17)13(10)16/h3-7H,17H2,1-2H3. The van der Waals surface area contributed by atoms with Gasteiger partial charge in [0, 0.05) is 11.1 Å². The summed E-state index contributed by atoms with van der Waals surface area (Å²) in [7, 11) is 1.50. The van der Waals surface area contributed by atoms with Crippen LogP contribution in [0, 0.1) is 18.6 Å². The fourth-order valence-electron chi connectivity index (χ4n) is 1.80. The normalized spacial score (nSPS) is 10.4. The maximum Gasteiger partial charge on any atom is 0.157 e. The molecular formula is C14H13F2NO. The monoisotopic (exact) mass is 249 g/mol. The highest BCUT2D eigenvalue weighted by atomic mass is 19.1. The molecular weight excluding hydrogens is 236 g/mol. The van der Waals surface area contributed by atoms with E-state index in [4.69, 9.17) is 10.5 Å². The lowest BCUT2D eigenvalue weighted by atomic mass is 10.0. The SMILES string of the molecule is COc1cc(C)ccc1-c1ccc(F)c(N)c1F. The molecule has 18 heavy (non-hydrogen) atoms. The second-order valence-electron chi connectivity index (χ2n) is 4.03. The maximum atomic E-state index is 13.9. The lowest BCUT2D eigenvalue weighted by Crippen LogP contribution is -1.98. The predicted octanol–water partition coefficient (Wildman–Crippen LogP) is 3.53. The molecule has 0 saturated carbocycles. The van der Waals surface area contributed by atoms with Crippen molar-refractivity contribution in [3.63, 3.8) is 0 Å². The van der Waals surface area contributed by atoms with Crippen LogP contribution in [0.15, 0.2) is 30.3 Å².